The highest BCUT2D eigenvalue weighted by molar-refractivity contribution is 5.78. The summed E-state index contributed by atoms with van der Waals surface area (Å²) in [6.07, 6.45) is 0.505. The monoisotopic (exact) mass is 280 g/mol. The van der Waals surface area contributed by atoms with Crippen molar-refractivity contribution in [2.45, 2.75) is 25.8 Å². The van der Waals surface area contributed by atoms with Crippen LogP contribution in [0.1, 0.15) is 20.3 Å². The van der Waals surface area contributed by atoms with E-state index in [2.05, 4.69) is 5.32 Å². The van der Waals surface area contributed by atoms with Crippen molar-refractivity contribution in [2.24, 2.45) is 0 Å². The number of benzene rings is 1. The van der Waals surface area contributed by atoms with Crippen LogP contribution in [0.4, 0.5) is 5.69 Å². The Morgan fingerprint density at radius 2 is 2.10 bits per heavy atom. The Morgan fingerprint density at radius 3 is 2.65 bits per heavy atom. The fourth-order valence-electron chi connectivity index (χ4n) is 2.12. The Kier molecular flexibility index (Phi) is 5.82. The van der Waals surface area contributed by atoms with Crippen molar-refractivity contribution in [3.8, 4) is 5.75 Å². The first kappa shape index (κ1) is 16.3. The molecule has 0 aliphatic heterocycles. The molecule has 112 valence electrons. The summed E-state index contributed by atoms with van der Waals surface area (Å²) in [5.74, 6) is -0.0387. The quantitative estimate of drug-likeness (QED) is 0.762. The normalized spacial score (nSPS) is 13.6. The molecule has 0 fully saturated rings. The third-order valence-electron chi connectivity index (χ3n) is 3.48. The number of anilines is 1. The molecule has 0 amide bonds. The summed E-state index contributed by atoms with van der Waals surface area (Å²) in [5, 5.41) is 12.4. The van der Waals surface area contributed by atoms with Gasteiger partial charge in [0.1, 0.15) is 11.3 Å². The van der Waals surface area contributed by atoms with Gasteiger partial charge in [0.2, 0.25) is 0 Å². The smallest absolute Gasteiger partial charge is 0.323 e. The van der Waals surface area contributed by atoms with E-state index >= 15 is 0 Å². The van der Waals surface area contributed by atoms with Gasteiger partial charge >= 0.3 is 5.97 Å². The number of nitrogens with one attached hydrogen (secondary N) is 1. The molecule has 0 aromatic heterocycles. The van der Waals surface area contributed by atoms with Gasteiger partial charge in [-0.05, 0) is 32.0 Å². The molecule has 0 heterocycles. The summed E-state index contributed by atoms with van der Waals surface area (Å²) in [7, 11) is 3.57. The highest BCUT2D eigenvalue weighted by atomic mass is 16.5. The van der Waals surface area contributed by atoms with Gasteiger partial charge in [-0.3, -0.25) is 4.79 Å². The molecule has 0 radical (unpaired) electrons. The van der Waals surface area contributed by atoms with Gasteiger partial charge in [0, 0.05) is 13.6 Å². The molecular formula is C15H24N2O3. The van der Waals surface area contributed by atoms with Crippen molar-refractivity contribution < 1.29 is 14.6 Å². The zero-order valence-corrected chi connectivity index (χ0v) is 12.6. The highest BCUT2D eigenvalue weighted by Gasteiger charge is 2.32. The minimum Gasteiger partial charge on any atom is -0.495 e. The Bertz CT molecular complexity index is 450. The SMILES string of the molecule is CCNC(C)(CCN(C)c1ccccc1OC)C(=O)O. The third kappa shape index (κ3) is 3.87. The Labute approximate surface area is 120 Å². The number of para-hydroxylation sites is 2. The van der Waals surface area contributed by atoms with Gasteiger partial charge in [-0.15, -0.1) is 0 Å². The lowest BCUT2D eigenvalue weighted by molar-refractivity contribution is -0.144. The number of methoxy groups -OCH3 is 1. The van der Waals surface area contributed by atoms with Crippen LogP contribution >= 0.6 is 0 Å². The average molecular weight is 280 g/mol. The maximum absolute atomic E-state index is 11.4. The predicted octanol–water partition coefficient (Wildman–Crippen LogP) is 1.97. The van der Waals surface area contributed by atoms with Crippen molar-refractivity contribution in [3.05, 3.63) is 24.3 Å². The number of nitrogens with zero attached hydrogens (tertiary/aromatic N) is 1. The minimum atomic E-state index is -0.912. The second kappa shape index (κ2) is 7.14. The van der Waals surface area contributed by atoms with Crippen molar-refractivity contribution >= 4 is 11.7 Å². The maximum atomic E-state index is 11.4. The molecule has 1 rings (SSSR count). The lowest BCUT2D eigenvalue weighted by atomic mass is 9.97. The Hall–Kier alpha value is -1.75. The summed E-state index contributed by atoms with van der Waals surface area (Å²) < 4.78 is 5.32. The Morgan fingerprint density at radius 1 is 1.45 bits per heavy atom. The van der Waals surface area contributed by atoms with E-state index in [1.807, 2.05) is 43.1 Å². The van der Waals surface area contributed by atoms with Gasteiger partial charge in [-0.2, -0.15) is 0 Å². The topological polar surface area (TPSA) is 61.8 Å². The number of rotatable bonds is 8. The zero-order valence-electron chi connectivity index (χ0n) is 12.6. The van der Waals surface area contributed by atoms with Crippen LogP contribution in [0.3, 0.4) is 0 Å². The third-order valence-corrected chi connectivity index (χ3v) is 3.48. The van der Waals surface area contributed by atoms with Crippen LogP contribution in [0, 0.1) is 0 Å². The maximum Gasteiger partial charge on any atom is 0.323 e. The van der Waals surface area contributed by atoms with Gasteiger partial charge in [0.05, 0.1) is 12.8 Å². The van der Waals surface area contributed by atoms with Gasteiger partial charge < -0.3 is 20.1 Å². The van der Waals surface area contributed by atoms with Crippen LogP contribution < -0.4 is 15.0 Å². The van der Waals surface area contributed by atoms with E-state index in [1.165, 1.54) is 0 Å². The summed E-state index contributed by atoms with van der Waals surface area (Å²) in [6.45, 7) is 4.87. The number of aliphatic carboxylic acids is 1. The molecule has 0 aliphatic rings. The van der Waals surface area contributed by atoms with Gasteiger partial charge in [-0.1, -0.05) is 19.1 Å². The van der Waals surface area contributed by atoms with E-state index in [0.717, 1.165) is 11.4 Å². The van der Waals surface area contributed by atoms with E-state index in [1.54, 1.807) is 14.0 Å². The number of ether oxygens (including phenoxy) is 1. The molecule has 0 aliphatic carbocycles. The number of hydrogen-bond acceptors (Lipinski definition) is 4. The van der Waals surface area contributed by atoms with Crippen LogP contribution in [0.2, 0.25) is 0 Å². The molecule has 5 nitrogen and oxygen atoms in total. The number of carboxylic acid groups (broad SMARTS) is 1. The van der Waals surface area contributed by atoms with Crippen molar-refractivity contribution in [1.82, 2.24) is 5.32 Å². The highest BCUT2D eigenvalue weighted by Crippen LogP contribution is 2.27. The lowest BCUT2D eigenvalue weighted by Crippen LogP contribution is -2.51. The molecule has 2 N–H and O–H groups in total. The molecule has 1 atom stereocenters. The van der Waals surface area contributed by atoms with E-state index in [-0.39, 0.29) is 0 Å². The van der Waals surface area contributed by atoms with E-state index in [0.29, 0.717) is 19.5 Å². The molecule has 0 spiro atoms. The van der Waals surface area contributed by atoms with E-state index < -0.39 is 11.5 Å². The molecule has 1 aromatic rings. The van der Waals surface area contributed by atoms with Gasteiger partial charge in [0.15, 0.2) is 0 Å². The van der Waals surface area contributed by atoms with E-state index in [9.17, 15) is 9.90 Å². The van der Waals surface area contributed by atoms with Crippen LogP contribution in [-0.4, -0.2) is 43.9 Å². The second-order valence-electron chi connectivity index (χ2n) is 5.01. The largest absolute Gasteiger partial charge is 0.495 e. The van der Waals surface area contributed by atoms with Gasteiger partial charge in [0.25, 0.3) is 0 Å². The number of carbonyl (C=O) groups is 1. The molecular weight excluding hydrogens is 256 g/mol. The van der Waals surface area contributed by atoms with Gasteiger partial charge in [-0.25, -0.2) is 0 Å². The first-order valence-electron chi connectivity index (χ1n) is 6.77. The molecule has 20 heavy (non-hydrogen) atoms. The van der Waals surface area contributed by atoms with Crippen molar-refractivity contribution in [2.75, 3.05) is 32.1 Å². The summed E-state index contributed by atoms with van der Waals surface area (Å²) in [6, 6.07) is 7.71. The molecule has 0 bridgehead atoms. The molecule has 1 aromatic carbocycles. The number of likely N-dealkylation sites (N-methyl/N-ethyl adjacent to an activating group) is 1. The molecule has 5 heteroatoms. The van der Waals surface area contributed by atoms with E-state index in [4.69, 9.17) is 4.74 Å². The summed E-state index contributed by atoms with van der Waals surface area (Å²) in [5.41, 5.74) is 0.0459. The minimum absolute atomic E-state index is 0.505. The van der Waals surface area contributed by atoms with Crippen LogP contribution in [0.25, 0.3) is 0 Å². The predicted molar refractivity (Wildman–Crippen MR) is 80.6 cm³/mol. The average Bonchev–Trinajstić information content (AvgIpc) is 2.44. The van der Waals surface area contributed by atoms with Crippen molar-refractivity contribution in [3.63, 3.8) is 0 Å². The molecule has 0 saturated heterocycles. The summed E-state index contributed by atoms with van der Waals surface area (Å²) >= 11 is 0. The molecule has 0 saturated carbocycles. The first-order chi connectivity index (χ1) is 9.44. The van der Waals surface area contributed by atoms with Crippen LogP contribution in [0.5, 0.6) is 5.75 Å². The fourth-order valence-corrected chi connectivity index (χ4v) is 2.12. The molecule has 1 unspecified atom stereocenters. The van der Waals surface area contributed by atoms with Crippen molar-refractivity contribution in [1.29, 1.82) is 0 Å². The number of carboxylic acids is 1. The summed E-state index contributed by atoms with van der Waals surface area (Å²) in [4.78, 5) is 13.4. The van der Waals surface area contributed by atoms with Crippen LogP contribution in [-0.2, 0) is 4.79 Å². The second-order valence-corrected chi connectivity index (χ2v) is 5.01. The zero-order chi connectivity index (χ0) is 15.2. The standard InChI is InChI=1S/C15H24N2O3/c1-5-16-15(2,14(18)19)10-11-17(3)12-8-6-7-9-13(12)20-4/h6-9,16H,5,10-11H2,1-4H3,(H,18,19). The fraction of sp³-hybridized carbons (Fsp3) is 0.533. The first-order valence-corrected chi connectivity index (χ1v) is 6.77. The lowest BCUT2D eigenvalue weighted by Gasteiger charge is -2.29. The number of hydrogen-bond donors (Lipinski definition) is 2. The van der Waals surface area contributed by atoms with Crippen LogP contribution in [0.15, 0.2) is 24.3 Å². The Balaban J connectivity index is 2.75.